The van der Waals surface area contributed by atoms with E-state index in [0.717, 1.165) is 12.8 Å². The molecule has 0 saturated carbocycles. The quantitative estimate of drug-likeness (QED) is 0.746. The van der Waals surface area contributed by atoms with Crippen molar-refractivity contribution >= 4 is 10.0 Å². The molecule has 5 heteroatoms. The monoisotopic (exact) mass is 321 g/mol. The van der Waals surface area contributed by atoms with Crippen molar-refractivity contribution in [2.75, 3.05) is 13.3 Å². The lowest BCUT2D eigenvalue weighted by Gasteiger charge is -2.44. The molecular formula is C16H35NO3S. The maximum atomic E-state index is 11.8. The zero-order chi connectivity index (χ0) is 17.3. The van der Waals surface area contributed by atoms with E-state index in [2.05, 4.69) is 20.8 Å². The van der Waals surface area contributed by atoms with Crippen molar-refractivity contribution in [1.29, 1.82) is 0 Å². The summed E-state index contributed by atoms with van der Waals surface area (Å²) in [6.45, 7) is 14.1. The summed E-state index contributed by atoms with van der Waals surface area (Å²) in [6.07, 6.45) is 3.68. The molecule has 0 rings (SSSR count). The van der Waals surface area contributed by atoms with Crippen molar-refractivity contribution in [2.45, 2.75) is 78.9 Å². The lowest BCUT2D eigenvalue weighted by atomic mass is 9.67. The second-order valence-electron chi connectivity index (χ2n) is 8.33. The highest BCUT2D eigenvalue weighted by molar-refractivity contribution is 7.88. The minimum absolute atomic E-state index is 0.0530. The summed E-state index contributed by atoms with van der Waals surface area (Å²) < 4.78 is 25.1. The Morgan fingerprint density at radius 2 is 1.52 bits per heavy atom. The van der Waals surface area contributed by atoms with Gasteiger partial charge in [0, 0.05) is 12.6 Å². The lowest BCUT2D eigenvalue weighted by molar-refractivity contribution is 0.000455. The van der Waals surface area contributed by atoms with Gasteiger partial charge in [0.2, 0.25) is 10.0 Å². The van der Waals surface area contributed by atoms with Gasteiger partial charge in [0.05, 0.1) is 11.9 Å². The standard InChI is InChI=1S/C16H35NO3S/c1-10-13(14(2,3)12-16(6,7)18)11-15(4,5)17(8)21(9,19)20/h13,18H,10-12H2,1-9H3. The molecular weight excluding hydrogens is 286 g/mol. The molecule has 0 amide bonds. The van der Waals surface area contributed by atoms with Gasteiger partial charge in [0.1, 0.15) is 0 Å². The number of hydrogen-bond acceptors (Lipinski definition) is 3. The summed E-state index contributed by atoms with van der Waals surface area (Å²) in [5.74, 6) is 0.336. The molecule has 0 aliphatic rings. The Morgan fingerprint density at radius 3 is 1.81 bits per heavy atom. The van der Waals surface area contributed by atoms with E-state index in [1.54, 1.807) is 7.05 Å². The van der Waals surface area contributed by atoms with E-state index in [4.69, 9.17) is 0 Å². The highest BCUT2D eigenvalue weighted by Gasteiger charge is 2.39. The smallest absolute Gasteiger partial charge is 0.211 e. The summed E-state index contributed by atoms with van der Waals surface area (Å²) in [5.41, 5.74) is -1.21. The van der Waals surface area contributed by atoms with Crippen LogP contribution in [0.25, 0.3) is 0 Å². The summed E-state index contributed by atoms with van der Waals surface area (Å²) >= 11 is 0. The van der Waals surface area contributed by atoms with Crippen molar-refractivity contribution in [3.63, 3.8) is 0 Å². The predicted molar refractivity (Wildman–Crippen MR) is 89.8 cm³/mol. The van der Waals surface area contributed by atoms with E-state index < -0.39 is 21.2 Å². The predicted octanol–water partition coefficient (Wildman–Crippen LogP) is 3.26. The molecule has 0 aromatic heterocycles. The molecule has 4 nitrogen and oxygen atoms in total. The third kappa shape index (κ3) is 6.66. The highest BCUT2D eigenvalue weighted by Crippen LogP contribution is 2.42. The van der Waals surface area contributed by atoms with Gasteiger partial charge < -0.3 is 5.11 Å². The number of rotatable bonds is 8. The van der Waals surface area contributed by atoms with Gasteiger partial charge in [-0.05, 0) is 51.9 Å². The minimum Gasteiger partial charge on any atom is -0.390 e. The highest BCUT2D eigenvalue weighted by atomic mass is 32.2. The van der Waals surface area contributed by atoms with E-state index in [1.807, 2.05) is 27.7 Å². The fourth-order valence-corrected chi connectivity index (χ4v) is 4.39. The Bertz CT molecular complexity index is 433. The van der Waals surface area contributed by atoms with Crippen molar-refractivity contribution in [3.8, 4) is 0 Å². The van der Waals surface area contributed by atoms with Crippen molar-refractivity contribution in [2.24, 2.45) is 11.3 Å². The van der Waals surface area contributed by atoms with Gasteiger partial charge in [-0.3, -0.25) is 0 Å². The maximum absolute atomic E-state index is 11.8. The SMILES string of the molecule is CCC(CC(C)(C)N(C)S(C)(=O)=O)C(C)(C)CC(C)(C)O. The molecule has 0 bridgehead atoms. The zero-order valence-corrected chi connectivity index (χ0v) is 16.1. The van der Waals surface area contributed by atoms with Crippen molar-refractivity contribution < 1.29 is 13.5 Å². The van der Waals surface area contributed by atoms with Crippen LogP contribution in [-0.4, -0.2) is 42.3 Å². The van der Waals surface area contributed by atoms with Crippen LogP contribution in [0.3, 0.4) is 0 Å². The average Bonchev–Trinajstić information content (AvgIpc) is 2.19. The molecule has 1 atom stereocenters. The largest absolute Gasteiger partial charge is 0.390 e. The van der Waals surface area contributed by atoms with Crippen LogP contribution < -0.4 is 0 Å². The van der Waals surface area contributed by atoms with E-state index in [0.29, 0.717) is 12.3 Å². The molecule has 0 aromatic carbocycles. The van der Waals surface area contributed by atoms with Crippen molar-refractivity contribution in [3.05, 3.63) is 0 Å². The van der Waals surface area contributed by atoms with Gasteiger partial charge in [-0.15, -0.1) is 0 Å². The van der Waals surface area contributed by atoms with E-state index in [9.17, 15) is 13.5 Å². The molecule has 1 N–H and O–H groups in total. The second kappa shape index (κ2) is 6.55. The number of nitrogens with zero attached hydrogens (tertiary/aromatic N) is 1. The van der Waals surface area contributed by atoms with Gasteiger partial charge >= 0.3 is 0 Å². The van der Waals surface area contributed by atoms with Gasteiger partial charge in [-0.25, -0.2) is 8.42 Å². The summed E-state index contributed by atoms with van der Waals surface area (Å²) in [4.78, 5) is 0. The lowest BCUT2D eigenvalue weighted by Crippen LogP contribution is -2.47. The molecule has 0 saturated heterocycles. The Labute approximate surface area is 132 Å². The van der Waals surface area contributed by atoms with Crippen LogP contribution in [0.5, 0.6) is 0 Å². The van der Waals surface area contributed by atoms with E-state index in [-0.39, 0.29) is 5.41 Å². The Morgan fingerprint density at radius 1 is 1.10 bits per heavy atom. The third-order valence-electron chi connectivity index (χ3n) is 4.58. The topological polar surface area (TPSA) is 57.6 Å². The van der Waals surface area contributed by atoms with E-state index in [1.165, 1.54) is 10.6 Å². The first kappa shape index (κ1) is 20.9. The Hall–Kier alpha value is -0.130. The number of sulfonamides is 1. The first-order valence-corrected chi connectivity index (χ1v) is 9.54. The summed E-state index contributed by atoms with van der Waals surface area (Å²) in [7, 11) is -1.57. The number of hydrogen-bond donors (Lipinski definition) is 1. The van der Waals surface area contributed by atoms with Crippen LogP contribution in [-0.2, 0) is 10.0 Å². The van der Waals surface area contributed by atoms with Crippen LogP contribution in [0.1, 0.15) is 67.7 Å². The Kier molecular flexibility index (Phi) is 6.51. The maximum Gasteiger partial charge on any atom is 0.211 e. The molecule has 0 aliphatic heterocycles. The molecule has 0 aliphatic carbocycles. The molecule has 128 valence electrons. The summed E-state index contributed by atoms with van der Waals surface area (Å²) in [5, 5.41) is 10.1. The van der Waals surface area contributed by atoms with Crippen LogP contribution in [0, 0.1) is 11.3 Å². The van der Waals surface area contributed by atoms with Crippen LogP contribution in [0.2, 0.25) is 0 Å². The van der Waals surface area contributed by atoms with E-state index >= 15 is 0 Å². The third-order valence-corrected chi connectivity index (χ3v) is 6.07. The molecule has 0 spiro atoms. The van der Waals surface area contributed by atoms with Gasteiger partial charge in [-0.2, -0.15) is 4.31 Å². The molecule has 21 heavy (non-hydrogen) atoms. The Balaban J connectivity index is 5.24. The van der Waals surface area contributed by atoms with Crippen LogP contribution >= 0.6 is 0 Å². The van der Waals surface area contributed by atoms with Gasteiger partial charge in [0.25, 0.3) is 0 Å². The fourth-order valence-electron chi connectivity index (χ4n) is 3.41. The fraction of sp³-hybridized carbons (Fsp3) is 1.00. The van der Waals surface area contributed by atoms with Crippen LogP contribution in [0.4, 0.5) is 0 Å². The van der Waals surface area contributed by atoms with Gasteiger partial charge in [-0.1, -0.05) is 27.2 Å². The normalized spacial score (nSPS) is 16.3. The zero-order valence-electron chi connectivity index (χ0n) is 15.3. The summed E-state index contributed by atoms with van der Waals surface area (Å²) in [6, 6.07) is 0. The van der Waals surface area contributed by atoms with Crippen molar-refractivity contribution in [1.82, 2.24) is 4.31 Å². The first-order chi connectivity index (χ1) is 9.03. The molecule has 0 heterocycles. The second-order valence-corrected chi connectivity index (χ2v) is 10.3. The molecule has 0 aromatic rings. The first-order valence-electron chi connectivity index (χ1n) is 7.69. The average molecular weight is 322 g/mol. The number of aliphatic hydroxyl groups is 1. The van der Waals surface area contributed by atoms with Gasteiger partial charge in [0.15, 0.2) is 0 Å². The molecule has 0 radical (unpaired) electrons. The van der Waals surface area contributed by atoms with Crippen LogP contribution in [0.15, 0.2) is 0 Å². The molecule has 0 fully saturated rings. The molecule has 1 unspecified atom stereocenters. The minimum atomic E-state index is -3.21.